The molecule has 1 aromatic carbocycles. The van der Waals surface area contributed by atoms with Gasteiger partial charge in [-0.25, -0.2) is 4.68 Å². The molecule has 2 unspecified atom stereocenters. The smallest absolute Gasteiger partial charge is 0.278 e. The zero-order chi connectivity index (χ0) is 15.5. The number of rotatable bonds is 4. The van der Waals surface area contributed by atoms with Crippen LogP contribution in [0.3, 0.4) is 0 Å². The SMILES string of the molecule is O=C(Cn1nnc2ccccc2c1=O)NCC1CNCC1O. The first-order valence-electron chi connectivity index (χ1n) is 7.13. The van der Waals surface area contributed by atoms with Crippen molar-refractivity contribution in [3.05, 3.63) is 34.6 Å². The third kappa shape index (κ3) is 2.97. The molecule has 1 aromatic heterocycles. The Morgan fingerprint density at radius 1 is 1.41 bits per heavy atom. The first-order valence-corrected chi connectivity index (χ1v) is 7.13. The number of aliphatic hydroxyl groups is 1. The summed E-state index contributed by atoms with van der Waals surface area (Å²) in [6.45, 7) is 1.38. The fourth-order valence-corrected chi connectivity index (χ4v) is 2.49. The summed E-state index contributed by atoms with van der Waals surface area (Å²) in [4.78, 5) is 24.1. The van der Waals surface area contributed by atoms with Gasteiger partial charge in [0, 0.05) is 25.6 Å². The molecule has 1 amide bonds. The summed E-state index contributed by atoms with van der Waals surface area (Å²) in [5.74, 6) is -0.339. The second-order valence-corrected chi connectivity index (χ2v) is 5.36. The van der Waals surface area contributed by atoms with E-state index in [1.807, 2.05) is 0 Å². The molecular weight excluding hydrogens is 286 g/mol. The van der Waals surface area contributed by atoms with Crippen LogP contribution in [0.1, 0.15) is 0 Å². The number of fused-ring (bicyclic) bond motifs is 1. The van der Waals surface area contributed by atoms with Crippen LogP contribution in [0.4, 0.5) is 0 Å². The van der Waals surface area contributed by atoms with E-state index in [0.29, 0.717) is 30.5 Å². The Kier molecular flexibility index (Phi) is 4.12. The van der Waals surface area contributed by atoms with Crippen molar-refractivity contribution in [1.29, 1.82) is 0 Å². The Hall–Kier alpha value is -2.32. The first-order chi connectivity index (χ1) is 10.6. The zero-order valence-corrected chi connectivity index (χ0v) is 11.9. The zero-order valence-electron chi connectivity index (χ0n) is 11.9. The lowest BCUT2D eigenvalue weighted by atomic mass is 10.1. The molecule has 2 atom stereocenters. The van der Waals surface area contributed by atoms with Crippen molar-refractivity contribution in [2.45, 2.75) is 12.6 Å². The van der Waals surface area contributed by atoms with Crippen molar-refractivity contribution in [3.63, 3.8) is 0 Å². The van der Waals surface area contributed by atoms with E-state index in [9.17, 15) is 14.7 Å². The van der Waals surface area contributed by atoms with E-state index in [4.69, 9.17) is 0 Å². The van der Waals surface area contributed by atoms with E-state index in [-0.39, 0.29) is 23.9 Å². The van der Waals surface area contributed by atoms with E-state index in [1.54, 1.807) is 24.3 Å². The summed E-state index contributed by atoms with van der Waals surface area (Å²) in [6, 6.07) is 6.86. The lowest BCUT2D eigenvalue weighted by Gasteiger charge is -2.14. The first kappa shape index (κ1) is 14.6. The van der Waals surface area contributed by atoms with Gasteiger partial charge in [-0.3, -0.25) is 9.59 Å². The summed E-state index contributed by atoms with van der Waals surface area (Å²) in [6.07, 6.45) is -0.455. The Morgan fingerprint density at radius 2 is 2.23 bits per heavy atom. The molecule has 3 rings (SSSR count). The predicted molar refractivity (Wildman–Crippen MR) is 79.2 cm³/mol. The molecule has 8 nitrogen and oxygen atoms in total. The second-order valence-electron chi connectivity index (χ2n) is 5.36. The molecule has 3 N–H and O–H groups in total. The highest BCUT2D eigenvalue weighted by atomic mass is 16.3. The number of β-amino-alcohol motifs (C(OH)–C–C–N with tert-alkyl or cyclic N) is 1. The number of hydrogen-bond acceptors (Lipinski definition) is 6. The van der Waals surface area contributed by atoms with Crippen molar-refractivity contribution in [3.8, 4) is 0 Å². The van der Waals surface area contributed by atoms with Gasteiger partial charge in [0.25, 0.3) is 5.56 Å². The standard InChI is InChI=1S/C14H17N5O3/c20-12-7-15-5-9(12)6-16-13(21)8-19-14(22)10-3-1-2-4-11(10)17-18-19/h1-4,9,12,15,20H,5-8H2,(H,16,21). The van der Waals surface area contributed by atoms with Crippen molar-refractivity contribution in [1.82, 2.24) is 25.6 Å². The van der Waals surface area contributed by atoms with Gasteiger partial charge in [0.1, 0.15) is 12.1 Å². The molecule has 0 aliphatic carbocycles. The number of nitrogens with zero attached hydrogens (tertiary/aromatic N) is 3. The Bertz CT molecular complexity index is 745. The van der Waals surface area contributed by atoms with Crippen LogP contribution < -0.4 is 16.2 Å². The van der Waals surface area contributed by atoms with E-state index in [2.05, 4.69) is 20.9 Å². The largest absolute Gasteiger partial charge is 0.391 e. The Balaban J connectivity index is 1.66. The number of carbonyl (C=O) groups is 1. The number of benzene rings is 1. The normalized spacial score (nSPS) is 21.1. The van der Waals surface area contributed by atoms with E-state index < -0.39 is 6.10 Å². The summed E-state index contributed by atoms with van der Waals surface area (Å²) in [5, 5.41) is 23.6. The number of aromatic nitrogens is 3. The van der Waals surface area contributed by atoms with Gasteiger partial charge in [0.15, 0.2) is 0 Å². The lowest BCUT2D eigenvalue weighted by molar-refractivity contribution is -0.122. The molecule has 2 heterocycles. The summed E-state index contributed by atoms with van der Waals surface area (Å²) in [5.41, 5.74) is 0.160. The van der Waals surface area contributed by atoms with Crippen LogP contribution in [0.5, 0.6) is 0 Å². The molecule has 8 heteroatoms. The van der Waals surface area contributed by atoms with E-state index >= 15 is 0 Å². The average molecular weight is 303 g/mol. The van der Waals surface area contributed by atoms with Gasteiger partial charge in [0.2, 0.25) is 5.91 Å². The highest BCUT2D eigenvalue weighted by Crippen LogP contribution is 2.07. The molecule has 1 aliphatic rings. The predicted octanol–water partition coefficient (Wildman–Crippen LogP) is -1.51. The maximum Gasteiger partial charge on any atom is 0.278 e. The molecule has 0 spiro atoms. The van der Waals surface area contributed by atoms with Crippen molar-refractivity contribution < 1.29 is 9.90 Å². The summed E-state index contributed by atoms with van der Waals surface area (Å²) < 4.78 is 1.04. The highest BCUT2D eigenvalue weighted by molar-refractivity contribution is 5.78. The quantitative estimate of drug-likeness (QED) is 0.633. The van der Waals surface area contributed by atoms with Crippen molar-refractivity contribution in [2.75, 3.05) is 19.6 Å². The molecule has 116 valence electrons. The fraction of sp³-hybridized carbons (Fsp3) is 0.429. The molecule has 1 fully saturated rings. The number of aliphatic hydroxyl groups excluding tert-OH is 1. The fourth-order valence-electron chi connectivity index (χ4n) is 2.49. The molecule has 0 bridgehead atoms. The van der Waals surface area contributed by atoms with Crippen LogP contribution in [0.25, 0.3) is 10.9 Å². The van der Waals surface area contributed by atoms with Crippen LogP contribution in [-0.2, 0) is 11.3 Å². The molecule has 1 aliphatic heterocycles. The van der Waals surface area contributed by atoms with Crippen LogP contribution in [0.2, 0.25) is 0 Å². The van der Waals surface area contributed by atoms with E-state index in [1.165, 1.54) is 0 Å². The molecule has 22 heavy (non-hydrogen) atoms. The highest BCUT2D eigenvalue weighted by Gasteiger charge is 2.25. The van der Waals surface area contributed by atoms with Gasteiger partial charge < -0.3 is 15.7 Å². The summed E-state index contributed by atoms with van der Waals surface area (Å²) in [7, 11) is 0. The van der Waals surface area contributed by atoms with Gasteiger partial charge in [-0.05, 0) is 12.1 Å². The van der Waals surface area contributed by atoms with Crippen molar-refractivity contribution in [2.24, 2.45) is 5.92 Å². The molecule has 1 saturated heterocycles. The Morgan fingerprint density at radius 3 is 3.00 bits per heavy atom. The van der Waals surface area contributed by atoms with Gasteiger partial charge in [0.05, 0.1) is 11.5 Å². The average Bonchev–Trinajstić information content (AvgIpc) is 2.93. The minimum Gasteiger partial charge on any atom is -0.391 e. The topological polar surface area (TPSA) is 109 Å². The van der Waals surface area contributed by atoms with Gasteiger partial charge >= 0.3 is 0 Å². The van der Waals surface area contributed by atoms with Crippen LogP contribution in [0.15, 0.2) is 29.1 Å². The number of nitrogens with one attached hydrogen (secondary N) is 2. The molecule has 0 saturated carbocycles. The second kappa shape index (κ2) is 6.20. The number of hydrogen-bond donors (Lipinski definition) is 3. The van der Waals surface area contributed by atoms with Gasteiger partial charge in [-0.1, -0.05) is 17.3 Å². The Labute approximate surface area is 126 Å². The third-order valence-electron chi connectivity index (χ3n) is 3.79. The maximum absolute atomic E-state index is 12.2. The van der Waals surface area contributed by atoms with Crippen LogP contribution in [0, 0.1) is 5.92 Å². The minimum absolute atomic E-state index is 0.0108. The van der Waals surface area contributed by atoms with E-state index in [0.717, 1.165) is 4.68 Å². The molecule has 0 radical (unpaired) electrons. The molecular formula is C14H17N5O3. The molecule has 2 aromatic rings. The number of carbonyl (C=O) groups excluding carboxylic acids is 1. The summed E-state index contributed by atoms with van der Waals surface area (Å²) >= 11 is 0. The van der Waals surface area contributed by atoms with Gasteiger partial charge in [-0.2, -0.15) is 0 Å². The maximum atomic E-state index is 12.2. The van der Waals surface area contributed by atoms with Gasteiger partial charge in [-0.15, -0.1) is 5.10 Å². The minimum atomic E-state index is -0.455. The third-order valence-corrected chi connectivity index (χ3v) is 3.79. The monoisotopic (exact) mass is 303 g/mol. The van der Waals surface area contributed by atoms with Crippen molar-refractivity contribution >= 4 is 16.8 Å². The van der Waals surface area contributed by atoms with Crippen LogP contribution in [-0.4, -0.2) is 51.7 Å². The van der Waals surface area contributed by atoms with Crippen LogP contribution >= 0.6 is 0 Å². The lowest BCUT2D eigenvalue weighted by Crippen LogP contribution is -2.38. The number of amides is 1.